The third kappa shape index (κ3) is 4.07. The molecule has 1 saturated heterocycles. The van der Waals surface area contributed by atoms with Crippen molar-refractivity contribution in [1.29, 1.82) is 0 Å². The van der Waals surface area contributed by atoms with E-state index in [-0.39, 0.29) is 17.7 Å². The Kier molecular flexibility index (Phi) is 4.72. The van der Waals surface area contributed by atoms with E-state index < -0.39 is 0 Å². The Hall–Kier alpha value is -1.89. The summed E-state index contributed by atoms with van der Waals surface area (Å²) in [5.41, 5.74) is 0.841. The van der Waals surface area contributed by atoms with Crippen LogP contribution in [0.1, 0.15) is 37.3 Å². The number of carbonyl (C=O) groups excluding carboxylic acids is 1. The number of carbonyl (C=O) groups is 1. The van der Waals surface area contributed by atoms with Crippen molar-refractivity contribution in [3.8, 4) is 0 Å². The maximum atomic E-state index is 11.7. The first-order valence-electron chi connectivity index (χ1n) is 7.94. The van der Waals surface area contributed by atoms with Gasteiger partial charge in [-0.1, -0.05) is 0 Å². The highest BCUT2D eigenvalue weighted by molar-refractivity contribution is 5.73. The molecule has 1 aromatic rings. The lowest BCUT2D eigenvalue weighted by Crippen LogP contribution is -2.41. The summed E-state index contributed by atoms with van der Waals surface area (Å²) in [5.74, 6) is 0.509. The predicted octanol–water partition coefficient (Wildman–Crippen LogP) is 0.599. The zero-order valence-corrected chi connectivity index (χ0v) is 12.6. The van der Waals surface area contributed by atoms with Crippen LogP contribution in [0, 0.1) is 0 Å². The fourth-order valence-corrected chi connectivity index (χ4v) is 2.57. The van der Waals surface area contributed by atoms with Gasteiger partial charge in [0, 0.05) is 31.7 Å². The smallest absolute Gasteiger partial charge is 0.314 e. The second-order valence-electron chi connectivity index (χ2n) is 5.87. The summed E-state index contributed by atoms with van der Waals surface area (Å²) >= 11 is 0. The summed E-state index contributed by atoms with van der Waals surface area (Å²) in [6.45, 7) is 2.06. The number of aromatic nitrogens is 2. The van der Waals surface area contributed by atoms with Gasteiger partial charge in [-0.2, -0.15) is 5.10 Å². The van der Waals surface area contributed by atoms with E-state index in [1.807, 2.05) is 0 Å². The van der Waals surface area contributed by atoms with Crippen molar-refractivity contribution >= 4 is 6.03 Å². The van der Waals surface area contributed by atoms with E-state index in [0.717, 1.165) is 38.0 Å². The molecule has 1 aromatic heterocycles. The minimum Gasteiger partial charge on any atom is -0.376 e. The molecule has 1 unspecified atom stereocenters. The van der Waals surface area contributed by atoms with Gasteiger partial charge in [-0.05, 0) is 31.7 Å². The monoisotopic (exact) mass is 306 g/mol. The van der Waals surface area contributed by atoms with Crippen molar-refractivity contribution in [2.75, 3.05) is 19.7 Å². The summed E-state index contributed by atoms with van der Waals surface area (Å²) in [6.07, 6.45) is 4.47. The normalized spacial score (nSPS) is 20.8. The topological polar surface area (TPSA) is 85.2 Å². The van der Waals surface area contributed by atoms with Gasteiger partial charge in [-0.15, -0.1) is 0 Å². The summed E-state index contributed by atoms with van der Waals surface area (Å²) in [7, 11) is 0. The van der Waals surface area contributed by atoms with Crippen LogP contribution in [0.2, 0.25) is 0 Å². The van der Waals surface area contributed by atoms with E-state index in [4.69, 9.17) is 4.74 Å². The van der Waals surface area contributed by atoms with Crippen LogP contribution in [0.15, 0.2) is 16.9 Å². The third-order valence-corrected chi connectivity index (χ3v) is 4.01. The maximum Gasteiger partial charge on any atom is 0.314 e. The molecule has 120 valence electrons. The molecule has 2 aliphatic rings. The van der Waals surface area contributed by atoms with Crippen molar-refractivity contribution in [3.63, 3.8) is 0 Å². The second kappa shape index (κ2) is 6.91. The molecule has 2 heterocycles. The molecule has 2 fully saturated rings. The van der Waals surface area contributed by atoms with Gasteiger partial charge in [0.05, 0.1) is 18.3 Å². The van der Waals surface area contributed by atoms with Crippen molar-refractivity contribution in [2.45, 2.75) is 44.2 Å². The Morgan fingerprint density at radius 3 is 2.91 bits per heavy atom. The van der Waals surface area contributed by atoms with Gasteiger partial charge in [0.2, 0.25) is 0 Å². The molecule has 3 rings (SSSR count). The number of hydrogen-bond acceptors (Lipinski definition) is 4. The molecule has 1 aliphatic carbocycles. The Labute approximate surface area is 129 Å². The molecule has 0 spiro atoms. The SMILES string of the molecule is O=C(NCCn1nc(C2CC2)ccc1=O)NCC1CCCO1. The maximum absolute atomic E-state index is 11.7. The average molecular weight is 306 g/mol. The molecular weight excluding hydrogens is 284 g/mol. The molecular formula is C15H22N4O3. The van der Waals surface area contributed by atoms with Crippen LogP contribution >= 0.6 is 0 Å². The molecule has 1 aliphatic heterocycles. The van der Waals surface area contributed by atoms with Crippen LogP contribution < -0.4 is 16.2 Å². The Balaban J connectivity index is 1.41. The lowest BCUT2D eigenvalue weighted by molar-refractivity contribution is 0.111. The van der Waals surface area contributed by atoms with E-state index in [2.05, 4.69) is 15.7 Å². The summed E-state index contributed by atoms with van der Waals surface area (Å²) in [5, 5.41) is 9.88. The highest BCUT2D eigenvalue weighted by Gasteiger charge is 2.25. The van der Waals surface area contributed by atoms with E-state index in [9.17, 15) is 9.59 Å². The number of nitrogens with zero attached hydrogens (tertiary/aromatic N) is 2. The van der Waals surface area contributed by atoms with Gasteiger partial charge in [0.25, 0.3) is 5.56 Å². The standard InChI is InChI=1S/C15H22N4O3/c20-14-6-5-13(11-3-4-11)18-19(14)8-7-16-15(21)17-10-12-2-1-9-22-12/h5-6,11-12H,1-4,7-10H2,(H2,16,17,21). The summed E-state index contributed by atoms with van der Waals surface area (Å²) in [4.78, 5) is 23.4. The molecule has 0 radical (unpaired) electrons. The molecule has 0 bridgehead atoms. The predicted molar refractivity (Wildman–Crippen MR) is 80.8 cm³/mol. The van der Waals surface area contributed by atoms with Crippen LogP contribution in [0.5, 0.6) is 0 Å². The van der Waals surface area contributed by atoms with E-state index >= 15 is 0 Å². The van der Waals surface area contributed by atoms with Crippen LogP contribution in [0.3, 0.4) is 0 Å². The summed E-state index contributed by atoms with van der Waals surface area (Å²) < 4.78 is 6.86. The zero-order chi connectivity index (χ0) is 15.4. The lowest BCUT2D eigenvalue weighted by atomic mass is 10.2. The van der Waals surface area contributed by atoms with Crippen molar-refractivity contribution in [1.82, 2.24) is 20.4 Å². The highest BCUT2D eigenvalue weighted by atomic mass is 16.5. The van der Waals surface area contributed by atoms with Crippen molar-refractivity contribution < 1.29 is 9.53 Å². The third-order valence-electron chi connectivity index (χ3n) is 4.01. The van der Waals surface area contributed by atoms with Crippen LogP contribution in [-0.4, -0.2) is 41.6 Å². The second-order valence-corrected chi connectivity index (χ2v) is 5.87. The minimum absolute atomic E-state index is 0.130. The van der Waals surface area contributed by atoms with Crippen LogP contribution in [0.4, 0.5) is 4.79 Å². The Bertz CT molecular complexity index is 576. The fourth-order valence-electron chi connectivity index (χ4n) is 2.57. The van der Waals surface area contributed by atoms with Crippen molar-refractivity contribution in [3.05, 3.63) is 28.2 Å². The van der Waals surface area contributed by atoms with Gasteiger partial charge in [0.1, 0.15) is 0 Å². The van der Waals surface area contributed by atoms with Crippen LogP contribution in [-0.2, 0) is 11.3 Å². The lowest BCUT2D eigenvalue weighted by Gasteiger charge is -2.12. The van der Waals surface area contributed by atoms with Crippen molar-refractivity contribution in [2.24, 2.45) is 0 Å². The van der Waals surface area contributed by atoms with Gasteiger partial charge in [-0.3, -0.25) is 4.79 Å². The number of nitrogens with one attached hydrogen (secondary N) is 2. The summed E-state index contributed by atoms with van der Waals surface area (Å²) in [6, 6.07) is 3.12. The first-order valence-corrected chi connectivity index (χ1v) is 7.94. The van der Waals surface area contributed by atoms with E-state index in [1.165, 1.54) is 4.68 Å². The molecule has 2 amide bonds. The Morgan fingerprint density at radius 2 is 2.18 bits per heavy atom. The largest absolute Gasteiger partial charge is 0.376 e. The zero-order valence-electron chi connectivity index (χ0n) is 12.6. The molecule has 0 aromatic carbocycles. The number of urea groups is 1. The molecule has 7 heteroatoms. The number of amides is 2. The number of ether oxygens (including phenoxy) is 1. The molecule has 1 saturated carbocycles. The van der Waals surface area contributed by atoms with E-state index in [1.54, 1.807) is 12.1 Å². The molecule has 7 nitrogen and oxygen atoms in total. The van der Waals surface area contributed by atoms with Crippen LogP contribution in [0.25, 0.3) is 0 Å². The average Bonchev–Trinajstić information content (AvgIpc) is 3.23. The molecule has 1 atom stereocenters. The Morgan fingerprint density at radius 1 is 1.32 bits per heavy atom. The first-order chi connectivity index (χ1) is 10.7. The molecule has 2 N–H and O–H groups in total. The first kappa shape index (κ1) is 15.0. The van der Waals surface area contributed by atoms with E-state index in [0.29, 0.717) is 25.6 Å². The number of rotatable bonds is 6. The quantitative estimate of drug-likeness (QED) is 0.806. The van der Waals surface area contributed by atoms with Gasteiger partial charge < -0.3 is 15.4 Å². The molecule has 22 heavy (non-hydrogen) atoms. The number of hydrogen-bond donors (Lipinski definition) is 2. The van der Waals surface area contributed by atoms with Gasteiger partial charge >= 0.3 is 6.03 Å². The van der Waals surface area contributed by atoms with Gasteiger partial charge in [-0.25, -0.2) is 9.48 Å². The highest BCUT2D eigenvalue weighted by Crippen LogP contribution is 2.38. The van der Waals surface area contributed by atoms with Gasteiger partial charge in [0.15, 0.2) is 0 Å². The minimum atomic E-state index is -0.234. The fraction of sp³-hybridized carbons (Fsp3) is 0.667.